The molecular formula is C14H21NO. The molecule has 88 valence electrons. The Balaban J connectivity index is 2.53. The van der Waals surface area contributed by atoms with Gasteiger partial charge in [0, 0.05) is 16.5 Å². The molecule has 1 aromatic rings. The standard InChI is InChI=1S/C14H21NO/c1-10-6-5-7-11(12(10)16-4)14(8-9-14)13(2,3)15/h5-7H,8-9,15H2,1-4H3. The first kappa shape index (κ1) is 11.5. The highest BCUT2D eigenvalue weighted by Gasteiger charge is 2.55. The molecule has 0 atom stereocenters. The second-order valence-corrected chi connectivity index (χ2v) is 5.46. The number of hydrogen-bond acceptors (Lipinski definition) is 2. The van der Waals surface area contributed by atoms with E-state index in [1.165, 1.54) is 11.1 Å². The van der Waals surface area contributed by atoms with Crippen molar-refractivity contribution in [1.29, 1.82) is 0 Å². The van der Waals surface area contributed by atoms with Crippen LogP contribution in [0.3, 0.4) is 0 Å². The van der Waals surface area contributed by atoms with Gasteiger partial charge in [-0.3, -0.25) is 0 Å². The van der Waals surface area contributed by atoms with Crippen molar-refractivity contribution in [3.8, 4) is 5.75 Å². The van der Waals surface area contributed by atoms with Gasteiger partial charge in [-0.05, 0) is 39.2 Å². The van der Waals surface area contributed by atoms with Crippen LogP contribution < -0.4 is 10.5 Å². The number of aryl methyl sites for hydroxylation is 1. The predicted octanol–water partition coefficient (Wildman–Crippen LogP) is 2.77. The fourth-order valence-electron chi connectivity index (χ4n) is 2.69. The van der Waals surface area contributed by atoms with Crippen molar-refractivity contribution >= 4 is 0 Å². The SMILES string of the molecule is COc1c(C)cccc1C1(C(C)(C)N)CC1. The van der Waals surface area contributed by atoms with E-state index in [1.807, 2.05) is 0 Å². The smallest absolute Gasteiger partial charge is 0.125 e. The van der Waals surface area contributed by atoms with E-state index in [4.69, 9.17) is 10.5 Å². The molecule has 1 aliphatic carbocycles. The van der Waals surface area contributed by atoms with Crippen molar-refractivity contribution in [2.24, 2.45) is 5.73 Å². The Morgan fingerprint density at radius 3 is 2.38 bits per heavy atom. The maximum Gasteiger partial charge on any atom is 0.125 e. The van der Waals surface area contributed by atoms with Gasteiger partial charge in [-0.25, -0.2) is 0 Å². The molecule has 0 spiro atoms. The molecule has 1 aliphatic rings. The molecule has 0 aliphatic heterocycles. The van der Waals surface area contributed by atoms with Crippen molar-refractivity contribution < 1.29 is 4.74 Å². The molecular weight excluding hydrogens is 198 g/mol. The third-order valence-corrected chi connectivity index (χ3v) is 3.91. The summed E-state index contributed by atoms with van der Waals surface area (Å²) in [6.07, 6.45) is 2.33. The van der Waals surface area contributed by atoms with Gasteiger partial charge in [0.25, 0.3) is 0 Å². The molecule has 1 fully saturated rings. The van der Waals surface area contributed by atoms with Crippen LogP contribution in [0.1, 0.15) is 37.8 Å². The van der Waals surface area contributed by atoms with Crippen LogP contribution in [0, 0.1) is 6.92 Å². The predicted molar refractivity (Wildman–Crippen MR) is 66.9 cm³/mol. The summed E-state index contributed by atoms with van der Waals surface area (Å²) in [6.45, 7) is 6.31. The molecule has 0 bridgehead atoms. The summed E-state index contributed by atoms with van der Waals surface area (Å²) in [5.41, 5.74) is 8.73. The van der Waals surface area contributed by atoms with Gasteiger partial charge in [0.2, 0.25) is 0 Å². The lowest BCUT2D eigenvalue weighted by molar-refractivity contribution is 0.358. The molecule has 2 rings (SSSR count). The number of benzene rings is 1. The van der Waals surface area contributed by atoms with Crippen molar-refractivity contribution in [1.82, 2.24) is 0 Å². The second-order valence-electron chi connectivity index (χ2n) is 5.46. The van der Waals surface area contributed by atoms with Crippen LogP contribution in [0.4, 0.5) is 0 Å². The second kappa shape index (κ2) is 3.49. The highest BCUT2D eigenvalue weighted by Crippen LogP contribution is 2.57. The minimum Gasteiger partial charge on any atom is -0.496 e. The Hall–Kier alpha value is -1.02. The first-order valence-electron chi connectivity index (χ1n) is 5.85. The molecule has 0 unspecified atom stereocenters. The van der Waals surface area contributed by atoms with Gasteiger partial charge in [-0.2, -0.15) is 0 Å². The van der Waals surface area contributed by atoms with Crippen LogP contribution in [0.25, 0.3) is 0 Å². The van der Waals surface area contributed by atoms with Crippen LogP contribution in [0.15, 0.2) is 18.2 Å². The lowest BCUT2D eigenvalue weighted by Gasteiger charge is -2.32. The van der Waals surface area contributed by atoms with Gasteiger partial charge >= 0.3 is 0 Å². The maximum atomic E-state index is 6.33. The minimum absolute atomic E-state index is 0.115. The van der Waals surface area contributed by atoms with Gasteiger partial charge in [0.1, 0.15) is 5.75 Å². The van der Waals surface area contributed by atoms with E-state index >= 15 is 0 Å². The van der Waals surface area contributed by atoms with Crippen LogP contribution in [-0.4, -0.2) is 12.6 Å². The number of methoxy groups -OCH3 is 1. The molecule has 0 heterocycles. The lowest BCUT2D eigenvalue weighted by atomic mass is 9.78. The van der Waals surface area contributed by atoms with Crippen LogP contribution in [0.2, 0.25) is 0 Å². The highest BCUT2D eigenvalue weighted by atomic mass is 16.5. The molecule has 2 nitrogen and oxygen atoms in total. The Morgan fingerprint density at radius 1 is 1.31 bits per heavy atom. The van der Waals surface area contributed by atoms with Crippen LogP contribution in [-0.2, 0) is 5.41 Å². The fourth-order valence-corrected chi connectivity index (χ4v) is 2.69. The molecule has 0 amide bonds. The van der Waals surface area contributed by atoms with Gasteiger partial charge in [0.05, 0.1) is 7.11 Å². The van der Waals surface area contributed by atoms with E-state index in [9.17, 15) is 0 Å². The maximum absolute atomic E-state index is 6.33. The number of nitrogens with two attached hydrogens (primary N) is 1. The van der Waals surface area contributed by atoms with Crippen molar-refractivity contribution in [3.63, 3.8) is 0 Å². The first-order valence-corrected chi connectivity index (χ1v) is 5.85. The molecule has 0 radical (unpaired) electrons. The number of hydrogen-bond donors (Lipinski definition) is 1. The average Bonchev–Trinajstić information content (AvgIpc) is 2.96. The quantitative estimate of drug-likeness (QED) is 0.848. The van der Waals surface area contributed by atoms with E-state index in [1.54, 1.807) is 7.11 Å². The van der Waals surface area contributed by atoms with Gasteiger partial charge in [0.15, 0.2) is 0 Å². The summed E-state index contributed by atoms with van der Waals surface area (Å²) in [5, 5.41) is 0. The van der Waals surface area contributed by atoms with Crippen molar-refractivity contribution in [2.75, 3.05) is 7.11 Å². The number of para-hydroxylation sites is 1. The minimum atomic E-state index is -0.186. The van der Waals surface area contributed by atoms with E-state index in [0.717, 1.165) is 18.6 Å². The fraction of sp³-hybridized carbons (Fsp3) is 0.571. The average molecular weight is 219 g/mol. The van der Waals surface area contributed by atoms with Gasteiger partial charge < -0.3 is 10.5 Å². The van der Waals surface area contributed by atoms with E-state index < -0.39 is 0 Å². The highest BCUT2D eigenvalue weighted by molar-refractivity contribution is 5.50. The topological polar surface area (TPSA) is 35.2 Å². The summed E-state index contributed by atoms with van der Waals surface area (Å²) >= 11 is 0. The number of rotatable bonds is 3. The lowest BCUT2D eigenvalue weighted by Crippen LogP contribution is -2.45. The normalized spacial score (nSPS) is 18.3. The van der Waals surface area contributed by atoms with Crippen LogP contribution in [0.5, 0.6) is 5.75 Å². The van der Waals surface area contributed by atoms with E-state index in [0.29, 0.717) is 0 Å². The van der Waals surface area contributed by atoms with Crippen LogP contribution >= 0.6 is 0 Å². The molecule has 1 saturated carbocycles. The zero-order valence-electron chi connectivity index (χ0n) is 10.6. The number of ether oxygens (including phenoxy) is 1. The largest absolute Gasteiger partial charge is 0.496 e. The summed E-state index contributed by atoms with van der Waals surface area (Å²) in [7, 11) is 1.74. The molecule has 0 saturated heterocycles. The molecule has 2 heteroatoms. The van der Waals surface area contributed by atoms with Gasteiger partial charge in [-0.15, -0.1) is 0 Å². The molecule has 16 heavy (non-hydrogen) atoms. The zero-order valence-corrected chi connectivity index (χ0v) is 10.6. The Morgan fingerprint density at radius 2 is 1.94 bits per heavy atom. The Bertz CT molecular complexity index is 400. The Labute approximate surface area is 97.8 Å². The first-order chi connectivity index (χ1) is 7.42. The zero-order chi connectivity index (χ0) is 12.0. The van der Waals surface area contributed by atoms with E-state index in [-0.39, 0.29) is 11.0 Å². The Kier molecular flexibility index (Phi) is 2.50. The third-order valence-electron chi connectivity index (χ3n) is 3.91. The summed E-state index contributed by atoms with van der Waals surface area (Å²) in [5.74, 6) is 1.01. The van der Waals surface area contributed by atoms with Crippen molar-refractivity contribution in [3.05, 3.63) is 29.3 Å². The molecule has 0 aromatic heterocycles. The monoisotopic (exact) mass is 219 g/mol. The molecule has 2 N–H and O–H groups in total. The summed E-state index contributed by atoms with van der Waals surface area (Å²) in [6, 6.07) is 6.34. The third kappa shape index (κ3) is 1.52. The van der Waals surface area contributed by atoms with E-state index in [2.05, 4.69) is 39.0 Å². The summed E-state index contributed by atoms with van der Waals surface area (Å²) in [4.78, 5) is 0. The molecule has 1 aromatic carbocycles. The van der Waals surface area contributed by atoms with Gasteiger partial charge in [-0.1, -0.05) is 18.2 Å². The van der Waals surface area contributed by atoms with Crippen molar-refractivity contribution in [2.45, 2.75) is 44.6 Å². The summed E-state index contributed by atoms with van der Waals surface area (Å²) < 4.78 is 5.54.